The van der Waals surface area contributed by atoms with Gasteiger partial charge in [-0.15, -0.1) is 0 Å². The maximum absolute atomic E-state index is 12.6. The summed E-state index contributed by atoms with van der Waals surface area (Å²) in [5, 5.41) is 4.19. The number of benzene rings is 1. The number of amides is 1. The highest BCUT2D eigenvalue weighted by atomic mass is 32.2. The normalized spacial score (nSPS) is 14.2. The van der Waals surface area contributed by atoms with Gasteiger partial charge in [0.2, 0.25) is 10.0 Å². The van der Waals surface area contributed by atoms with Gasteiger partial charge in [0.15, 0.2) is 0 Å². The smallest absolute Gasteiger partial charge is 0.331 e. The Labute approximate surface area is 232 Å². The minimum atomic E-state index is -4.54. The van der Waals surface area contributed by atoms with Crippen molar-refractivity contribution in [1.82, 2.24) is 9.73 Å². The number of alkyl halides is 3. The van der Waals surface area contributed by atoms with Crippen LogP contribution in [0.25, 0.3) is 0 Å². The highest BCUT2D eigenvalue weighted by Crippen LogP contribution is 2.24. The van der Waals surface area contributed by atoms with E-state index < -0.39 is 28.7 Å². The summed E-state index contributed by atoms with van der Waals surface area (Å²) in [6.07, 6.45) is 12.5. The van der Waals surface area contributed by atoms with E-state index in [1.54, 1.807) is 19.2 Å². The lowest BCUT2D eigenvalue weighted by molar-refractivity contribution is -0.159. The molecule has 0 saturated carbocycles. The Balaban J connectivity index is 1.63. The molecule has 1 heterocycles. The molecule has 39 heavy (non-hydrogen) atoms. The van der Waals surface area contributed by atoms with Crippen LogP contribution in [0.5, 0.6) is 0 Å². The number of nitrogens with zero attached hydrogens (tertiary/aromatic N) is 3. The highest BCUT2D eigenvalue weighted by molar-refractivity contribution is 7.89. The molecule has 1 amide bonds. The number of nitrogens with one attached hydrogen (secondary N) is 1. The van der Waals surface area contributed by atoms with E-state index in [-0.39, 0.29) is 17.2 Å². The van der Waals surface area contributed by atoms with Gasteiger partial charge in [-0.1, -0.05) is 90.4 Å². The first-order chi connectivity index (χ1) is 18.5. The molecule has 1 aromatic carbocycles. The maximum atomic E-state index is 12.6. The van der Waals surface area contributed by atoms with Crippen molar-refractivity contribution in [3.8, 4) is 0 Å². The van der Waals surface area contributed by atoms with E-state index >= 15 is 0 Å². The highest BCUT2D eigenvalue weighted by Gasteiger charge is 2.37. The van der Waals surface area contributed by atoms with E-state index in [0.717, 1.165) is 19.3 Å². The quantitative estimate of drug-likeness (QED) is 0.181. The zero-order chi connectivity index (χ0) is 28.7. The van der Waals surface area contributed by atoms with Crippen LogP contribution in [-0.2, 0) is 14.8 Å². The van der Waals surface area contributed by atoms with E-state index in [0.29, 0.717) is 17.2 Å². The van der Waals surface area contributed by atoms with Gasteiger partial charge in [0, 0.05) is 19.3 Å². The van der Waals surface area contributed by atoms with Crippen molar-refractivity contribution in [2.24, 2.45) is 5.10 Å². The number of carbonyl (C=O) groups is 1. The van der Waals surface area contributed by atoms with Crippen molar-refractivity contribution in [1.29, 1.82) is 0 Å². The van der Waals surface area contributed by atoms with E-state index in [4.69, 9.17) is 0 Å². The number of hydrazone groups is 1. The molecule has 0 atom stereocenters. The predicted molar refractivity (Wildman–Crippen MR) is 150 cm³/mol. The van der Waals surface area contributed by atoms with Crippen molar-refractivity contribution in [2.45, 2.75) is 114 Å². The number of halogens is 3. The molecule has 0 radical (unpaired) electrons. The number of carbonyl (C=O) groups excluding carboxylic acids is 1. The van der Waals surface area contributed by atoms with Crippen molar-refractivity contribution < 1.29 is 26.4 Å². The number of anilines is 1. The number of unbranched alkanes of at least 4 members (excludes halogenated alkanes) is 13. The first-order valence-corrected chi connectivity index (χ1v) is 15.8. The number of hydrogen-bond donors (Lipinski definition) is 1. The molecule has 11 heteroatoms. The van der Waals surface area contributed by atoms with Crippen LogP contribution >= 0.6 is 0 Å². The average Bonchev–Trinajstić information content (AvgIpc) is 3.24. The van der Waals surface area contributed by atoms with Gasteiger partial charge in [0.1, 0.15) is 12.4 Å². The lowest BCUT2D eigenvalue weighted by atomic mass is 10.0. The SMILES string of the molecule is CCCCCCCCCCCCCCCCNS(=O)(=O)c1ccc(N(C)C2=NN(CC(F)(F)F)C(=O)C2)cc1. The van der Waals surface area contributed by atoms with Crippen LogP contribution in [-0.4, -0.2) is 51.5 Å². The zero-order valence-electron chi connectivity index (χ0n) is 23.4. The minimum absolute atomic E-state index is 0.105. The number of sulfonamides is 1. The summed E-state index contributed by atoms with van der Waals surface area (Å²) in [6, 6.07) is 5.95. The third kappa shape index (κ3) is 12.7. The Kier molecular flexibility index (Phi) is 14.3. The molecule has 2 rings (SSSR count). The van der Waals surface area contributed by atoms with Gasteiger partial charge >= 0.3 is 6.18 Å². The summed E-state index contributed by atoms with van der Waals surface area (Å²) in [7, 11) is -2.09. The monoisotopic (exact) mass is 574 g/mol. The van der Waals surface area contributed by atoms with Crippen LogP contribution in [0.4, 0.5) is 18.9 Å². The molecule has 1 aliphatic heterocycles. The third-order valence-electron chi connectivity index (χ3n) is 6.91. The molecule has 1 N–H and O–H groups in total. The van der Waals surface area contributed by atoms with E-state index in [1.165, 1.54) is 87.7 Å². The Hall–Kier alpha value is -2.14. The van der Waals surface area contributed by atoms with Crippen LogP contribution in [0.2, 0.25) is 0 Å². The summed E-state index contributed by atoms with van der Waals surface area (Å²) in [5.41, 5.74) is 0.515. The molecule has 0 spiro atoms. The van der Waals surface area contributed by atoms with Crippen molar-refractivity contribution >= 4 is 27.5 Å². The number of hydrogen-bond acceptors (Lipinski definition) is 5. The van der Waals surface area contributed by atoms with Gasteiger partial charge in [0.25, 0.3) is 5.91 Å². The summed E-state index contributed by atoms with van der Waals surface area (Å²) < 4.78 is 65.7. The number of amidine groups is 1. The zero-order valence-corrected chi connectivity index (χ0v) is 24.3. The van der Waals surface area contributed by atoms with Crippen LogP contribution in [0.1, 0.15) is 103 Å². The molecular formula is C28H45F3N4O3S. The topological polar surface area (TPSA) is 82.1 Å². The molecular weight excluding hydrogens is 529 g/mol. The van der Waals surface area contributed by atoms with Crippen LogP contribution in [0.3, 0.4) is 0 Å². The van der Waals surface area contributed by atoms with Gasteiger partial charge in [-0.2, -0.15) is 18.3 Å². The molecule has 0 aromatic heterocycles. The van der Waals surface area contributed by atoms with E-state index in [9.17, 15) is 26.4 Å². The molecule has 1 aromatic rings. The second kappa shape index (κ2) is 16.8. The van der Waals surface area contributed by atoms with Crippen molar-refractivity contribution in [3.05, 3.63) is 24.3 Å². The second-order valence-corrected chi connectivity index (χ2v) is 12.1. The fourth-order valence-corrected chi connectivity index (χ4v) is 5.62. The van der Waals surface area contributed by atoms with Gasteiger partial charge < -0.3 is 4.90 Å². The summed E-state index contributed by atoms with van der Waals surface area (Å²) in [5.74, 6) is -0.572. The lowest BCUT2D eigenvalue weighted by Gasteiger charge is -2.18. The Morgan fingerprint density at radius 2 is 1.36 bits per heavy atom. The predicted octanol–water partition coefficient (Wildman–Crippen LogP) is 6.99. The summed E-state index contributed by atoms with van der Waals surface area (Å²) in [6.45, 7) is 1.17. The van der Waals surface area contributed by atoms with Gasteiger partial charge in [0.05, 0.1) is 11.3 Å². The minimum Gasteiger partial charge on any atom is -0.331 e. The standard InChI is InChI=1S/C28H45F3N4O3S/c1-3-4-5-6-7-8-9-10-11-12-13-14-15-16-21-32-39(37,38)25-19-17-24(18-20-25)34(2)26-22-27(36)35(33-26)23-28(29,30)31/h17-20,32H,3-16,21-23H2,1-2H3. The first kappa shape index (κ1) is 33.1. The Morgan fingerprint density at radius 1 is 0.872 bits per heavy atom. The Bertz CT molecular complexity index is 998. The molecule has 0 fully saturated rings. The van der Waals surface area contributed by atoms with Crippen LogP contribution < -0.4 is 9.62 Å². The largest absolute Gasteiger partial charge is 0.408 e. The van der Waals surface area contributed by atoms with Crippen LogP contribution in [0.15, 0.2) is 34.3 Å². The molecule has 0 saturated heterocycles. The Morgan fingerprint density at radius 3 is 1.85 bits per heavy atom. The van der Waals surface area contributed by atoms with Crippen molar-refractivity contribution in [2.75, 3.05) is 25.0 Å². The van der Waals surface area contributed by atoms with Crippen molar-refractivity contribution in [3.63, 3.8) is 0 Å². The molecule has 1 aliphatic rings. The molecule has 222 valence electrons. The maximum Gasteiger partial charge on any atom is 0.408 e. The number of rotatable bonds is 19. The lowest BCUT2D eigenvalue weighted by Crippen LogP contribution is -2.32. The van der Waals surface area contributed by atoms with Gasteiger partial charge in [-0.3, -0.25) is 4.79 Å². The fourth-order valence-electron chi connectivity index (χ4n) is 4.54. The molecule has 7 nitrogen and oxygen atoms in total. The van der Waals surface area contributed by atoms with E-state index in [1.807, 2.05) is 0 Å². The second-order valence-electron chi connectivity index (χ2n) is 10.3. The molecule has 0 bridgehead atoms. The average molecular weight is 575 g/mol. The van der Waals surface area contributed by atoms with E-state index in [2.05, 4.69) is 16.7 Å². The first-order valence-electron chi connectivity index (χ1n) is 14.3. The third-order valence-corrected chi connectivity index (χ3v) is 8.38. The fraction of sp³-hybridized carbons (Fsp3) is 0.714. The summed E-state index contributed by atoms with van der Waals surface area (Å²) in [4.78, 5) is 13.4. The summed E-state index contributed by atoms with van der Waals surface area (Å²) >= 11 is 0. The molecule has 0 aliphatic carbocycles. The van der Waals surface area contributed by atoms with Crippen LogP contribution in [0, 0.1) is 0 Å². The van der Waals surface area contributed by atoms with Gasteiger partial charge in [-0.05, 0) is 30.7 Å². The molecule has 0 unspecified atom stereocenters. The van der Waals surface area contributed by atoms with Gasteiger partial charge in [-0.25, -0.2) is 18.1 Å².